The molecule has 0 bridgehead atoms. The number of ether oxygens (including phenoxy) is 1. The normalized spacial score (nSPS) is 46.8. The number of rotatable bonds is 1. The van der Waals surface area contributed by atoms with Gasteiger partial charge in [0.2, 0.25) is 0 Å². The van der Waals surface area contributed by atoms with E-state index in [1.54, 1.807) is 5.57 Å². The van der Waals surface area contributed by atoms with Crippen LogP contribution in [0.1, 0.15) is 38.5 Å². The molecule has 3 aliphatic carbocycles. The van der Waals surface area contributed by atoms with E-state index in [9.17, 15) is 0 Å². The molecule has 20 heavy (non-hydrogen) atoms. The van der Waals surface area contributed by atoms with Gasteiger partial charge >= 0.3 is 0 Å². The maximum absolute atomic E-state index is 6.34. The zero-order valence-corrected chi connectivity index (χ0v) is 12.1. The van der Waals surface area contributed by atoms with Crippen LogP contribution in [0.25, 0.3) is 0 Å². The lowest BCUT2D eigenvalue weighted by Crippen LogP contribution is -2.28. The van der Waals surface area contributed by atoms with Gasteiger partial charge < -0.3 is 10.5 Å². The SMILES string of the molecule is NC1C=CC(C2=CCC3C(C2)OC2C=CCCC23)CC1. The van der Waals surface area contributed by atoms with Crippen LogP contribution in [0.4, 0.5) is 0 Å². The van der Waals surface area contributed by atoms with Gasteiger partial charge in [-0.05, 0) is 56.3 Å². The lowest BCUT2D eigenvalue weighted by atomic mass is 9.73. The monoisotopic (exact) mass is 271 g/mol. The van der Waals surface area contributed by atoms with E-state index < -0.39 is 0 Å². The van der Waals surface area contributed by atoms with Gasteiger partial charge in [0.1, 0.15) is 0 Å². The van der Waals surface area contributed by atoms with Crippen LogP contribution in [0, 0.1) is 17.8 Å². The van der Waals surface area contributed by atoms with Crippen LogP contribution in [-0.2, 0) is 4.74 Å². The molecule has 0 aromatic carbocycles. The van der Waals surface area contributed by atoms with Crippen molar-refractivity contribution in [1.29, 1.82) is 0 Å². The first-order valence-electron chi connectivity index (χ1n) is 8.26. The van der Waals surface area contributed by atoms with Crippen molar-refractivity contribution in [2.45, 2.75) is 56.8 Å². The van der Waals surface area contributed by atoms with E-state index in [0.717, 1.165) is 24.7 Å². The Bertz CT molecular complexity index is 464. The second-order valence-corrected chi connectivity index (χ2v) is 6.92. The third-order valence-corrected chi connectivity index (χ3v) is 5.74. The van der Waals surface area contributed by atoms with Crippen molar-refractivity contribution in [3.63, 3.8) is 0 Å². The zero-order valence-electron chi connectivity index (χ0n) is 12.1. The maximum atomic E-state index is 6.34. The molecule has 1 heterocycles. The van der Waals surface area contributed by atoms with E-state index in [0.29, 0.717) is 18.1 Å². The van der Waals surface area contributed by atoms with Crippen molar-refractivity contribution >= 4 is 0 Å². The van der Waals surface area contributed by atoms with E-state index in [4.69, 9.17) is 10.5 Å². The Kier molecular flexibility index (Phi) is 3.31. The highest BCUT2D eigenvalue weighted by molar-refractivity contribution is 5.22. The van der Waals surface area contributed by atoms with Crippen LogP contribution in [0.15, 0.2) is 36.0 Å². The highest BCUT2D eigenvalue weighted by atomic mass is 16.5. The predicted octanol–water partition coefficient (Wildman–Crippen LogP) is 3.35. The molecule has 2 nitrogen and oxygen atoms in total. The fourth-order valence-electron chi connectivity index (χ4n) is 4.59. The minimum Gasteiger partial charge on any atom is -0.370 e. The molecule has 1 saturated heterocycles. The number of hydrogen-bond donors (Lipinski definition) is 1. The standard InChI is InChI=1S/C18H25NO/c19-14-8-5-12(6-9-14)13-7-10-16-15-3-1-2-4-17(15)20-18(16)11-13/h2,4-5,7-8,12,14-18H,1,3,6,9-11,19H2. The molecule has 6 unspecified atom stereocenters. The Hall–Kier alpha value is -0.860. The van der Waals surface area contributed by atoms with Gasteiger partial charge in [-0.2, -0.15) is 0 Å². The summed E-state index contributed by atoms with van der Waals surface area (Å²) in [7, 11) is 0. The third kappa shape index (κ3) is 2.19. The molecule has 0 aromatic rings. The van der Waals surface area contributed by atoms with Crippen LogP contribution >= 0.6 is 0 Å². The Morgan fingerprint density at radius 3 is 2.85 bits per heavy atom. The Morgan fingerprint density at radius 1 is 1.05 bits per heavy atom. The van der Waals surface area contributed by atoms with Crippen LogP contribution in [0.2, 0.25) is 0 Å². The molecular formula is C18H25NO. The van der Waals surface area contributed by atoms with Gasteiger partial charge in [-0.15, -0.1) is 0 Å². The van der Waals surface area contributed by atoms with Crippen LogP contribution in [-0.4, -0.2) is 18.2 Å². The fraction of sp³-hybridized carbons (Fsp3) is 0.667. The zero-order chi connectivity index (χ0) is 13.5. The number of hydrogen-bond acceptors (Lipinski definition) is 2. The predicted molar refractivity (Wildman–Crippen MR) is 81.2 cm³/mol. The highest BCUT2D eigenvalue weighted by Crippen LogP contribution is 2.46. The lowest BCUT2D eigenvalue weighted by molar-refractivity contribution is 0.0490. The van der Waals surface area contributed by atoms with Gasteiger partial charge in [-0.25, -0.2) is 0 Å². The largest absolute Gasteiger partial charge is 0.370 e. The molecule has 0 aromatic heterocycles. The molecule has 4 rings (SSSR count). The smallest absolute Gasteiger partial charge is 0.0791 e. The van der Waals surface area contributed by atoms with Gasteiger partial charge in [0.25, 0.3) is 0 Å². The molecule has 0 spiro atoms. The summed E-state index contributed by atoms with van der Waals surface area (Å²) in [6, 6.07) is 0.277. The highest BCUT2D eigenvalue weighted by Gasteiger charge is 2.45. The number of fused-ring (bicyclic) bond motifs is 3. The van der Waals surface area contributed by atoms with Gasteiger partial charge in [-0.3, -0.25) is 0 Å². The van der Waals surface area contributed by atoms with Crippen molar-refractivity contribution < 1.29 is 4.74 Å². The third-order valence-electron chi connectivity index (χ3n) is 5.74. The first kappa shape index (κ1) is 12.8. The van der Waals surface area contributed by atoms with E-state index in [2.05, 4.69) is 30.4 Å². The average molecular weight is 271 g/mol. The molecule has 2 heteroatoms. The van der Waals surface area contributed by atoms with Gasteiger partial charge in [0, 0.05) is 6.04 Å². The quantitative estimate of drug-likeness (QED) is 0.742. The van der Waals surface area contributed by atoms with Crippen molar-refractivity contribution in [3.05, 3.63) is 36.0 Å². The van der Waals surface area contributed by atoms with Crippen LogP contribution in [0.3, 0.4) is 0 Å². The topological polar surface area (TPSA) is 35.2 Å². The second kappa shape index (κ2) is 5.16. The van der Waals surface area contributed by atoms with Gasteiger partial charge in [0.05, 0.1) is 12.2 Å². The van der Waals surface area contributed by atoms with Gasteiger partial charge in [-0.1, -0.05) is 36.0 Å². The minimum atomic E-state index is 0.277. The summed E-state index contributed by atoms with van der Waals surface area (Å²) in [4.78, 5) is 0. The molecule has 1 fully saturated rings. The number of allylic oxidation sites excluding steroid dienone is 3. The summed E-state index contributed by atoms with van der Waals surface area (Å²) in [6.07, 6.45) is 19.8. The second-order valence-electron chi connectivity index (χ2n) is 6.92. The first-order chi connectivity index (χ1) is 9.81. The van der Waals surface area contributed by atoms with Gasteiger partial charge in [0.15, 0.2) is 0 Å². The molecule has 0 radical (unpaired) electrons. The lowest BCUT2D eigenvalue weighted by Gasteiger charge is -2.31. The molecular weight excluding hydrogens is 246 g/mol. The molecule has 4 aliphatic rings. The first-order valence-corrected chi connectivity index (χ1v) is 8.26. The Labute approximate surface area is 121 Å². The van der Waals surface area contributed by atoms with Crippen molar-refractivity contribution in [2.24, 2.45) is 23.5 Å². The van der Waals surface area contributed by atoms with Crippen LogP contribution < -0.4 is 5.73 Å². The molecule has 1 aliphatic heterocycles. The minimum absolute atomic E-state index is 0.277. The van der Waals surface area contributed by atoms with E-state index in [1.807, 2.05) is 0 Å². The molecule has 2 N–H and O–H groups in total. The van der Waals surface area contributed by atoms with E-state index in [1.165, 1.54) is 25.7 Å². The molecule has 6 atom stereocenters. The van der Waals surface area contributed by atoms with Crippen molar-refractivity contribution in [2.75, 3.05) is 0 Å². The fourth-order valence-corrected chi connectivity index (χ4v) is 4.59. The average Bonchev–Trinajstić information content (AvgIpc) is 2.85. The van der Waals surface area contributed by atoms with E-state index >= 15 is 0 Å². The Balaban J connectivity index is 1.48. The van der Waals surface area contributed by atoms with Crippen LogP contribution in [0.5, 0.6) is 0 Å². The van der Waals surface area contributed by atoms with Crippen molar-refractivity contribution in [3.8, 4) is 0 Å². The summed E-state index contributed by atoms with van der Waals surface area (Å²) in [6.45, 7) is 0. The molecule has 0 saturated carbocycles. The maximum Gasteiger partial charge on any atom is 0.0791 e. The van der Waals surface area contributed by atoms with E-state index in [-0.39, 0.29) is 6.04 Å². The van der Waals surface area contributed by atoms with Crippen molar-refractivity contribution in [1.82, 2.24) is 0 Å². The summed E-state index contributed by atoms with van der Waals surface area (Å²) < 4.78 is 6.34. The number of nitrogens with two attached hydrogens (primary N) is 1. The summed E-state index contributed by atoms with van der Waals surface area (Å²) >= 11 is 0. The Morgan fingerprint density at radius 2 is 2.00 bits per heavy atom. The summed E-state index contributed by atoms with van der Waals surface area (Å²) in [5.41, 5.74) is 7.56. The molecule has 108 valence electrons. The summed E-state index contributed by atoms with van der Waals surface area (Å²) in [5, 5.41) is 0. The summed E-state index contributed by atoms with van der Waals surface area (Å²) in [5.74, 6) is 2.17. The molecule has 0 amide bonds.